The van der Waals surface area contributed by atoms with Gasteiger partial charge in [-0.1, -0.05) is 152 Å². The largest absolute Gasteiger partial charge is 0.0622 e. The van der Waals surface area contributed by atoms with Crippen LogP contribution in [-0.4, -0.2) is 0 Å². The molecule has 0 atom stereocenters. The molecule has 12 aromatic carbocycles. The molecule has 0 saturated heterocycles. The van der Waals surface area contributed by atoms with Crippen molar-refractivity contribution in [3.8, 4) is 33.4 Å². The van der Waals surface area contributed by atoms with Gasteiger partial charge in [0.15, 0.2) is 0 Å². The van der Waals surface area contributed by atoms with Crippen molar-refractivity contribution in [3.05, 3.63) is 181 Å². The zero-order valence-corrected chi connectivity index (χ0v) is 30.2. The van der Waals surface area contributed by atoms with Crippen LogP contribution >= 0.6 is 0 Å². The van der Waals surface area contributed by atoms with E-state index in [-0.39, 0.29) is 0 Å². The van der Waals surface area contributed by atoms with Crippen molar-refractivity contribution in [3.63, 3.8) is 0 Å². The lowest BCUT2D eigenvalue weighted by Gasteiger charge is -2.19. The Hall–Kier alpha value is -6.76. The highest BCUT2D eigenvalue weighted by molar-refractivity contribution is 6.46. The molecular formula is C54H34. The summed E-state index contributed by atoms with van der Waals surface area (Å²) in [5, 5.41) is 21.2. The van der Waals surface area contributed by atoms with Gasteiger partial charge in [0.25, 0.3) is 0 Å². The van der Waals surface area contributed by atoms with Crippen LogP contribution in [0.25, 0.3) is 120 Å². The minimum absolute atomic E-state index is 1.25. The number of aryl methyl sites for hydroxylation is 2. The van der Waals surface area contributed by atoms with Crippen LogP contribution in [-0.2, 0) is 0 Å². The van der Waals surface area contributed by atoms with Crippen LogP contribution < -0.4 is 0 Å². The second kappa shape index (κ2) is 10.9. The molecule has 0 nitrogen and oxygen atoms in total. The van der Waals surface area contributed by atoms with Gasteiger partial charge in [0.05, 0.1) is 0 Å². The lowest BCUT2D eigenvalue weighted by molar-refractivity contribution is 1.38. The lowest BCUT2D eigenvalue weighted by atomic mass is 9.83. The van der Waals surface area contributed by atoms with Gasteiger partial charge in [-0.25, -0.2) is 0 Å². The van der Waals surface area contributed by atoms with Gasteiger partial charge in [-0.3, -0.25) is 0 Å². The van der Waals surface area contributed by atoms with Gasteiger partial charge in [0.2, 0.25) is 0 Å². The predicted octanol–water partition coefficient (Wildman–Crippen LogP) is 15.4. The summed E-state index contributed by atoms with van der Waals surface area (Å²) in [6.07, 6.45) is 0. The Morgan fingerprint density at radius 2 is 0.759 bits per heavy atom. The van der Waals surface area contributed by atoms with Crippen molar-refractivity contribution in [1.82, 2.24) is 0 Å². The van der Waals surface area contributed by atoms with Gasteiger partial charge in [-0.2, -0.15) is 0 Å². The molecular weight excluding hydrogens is 649 g/mol. The number of rotatable bonds is 3. The Labute approximate surface area is 313 Å². The molecule has 0 aliphatic heterocycles. The molecule has 0 bridgehead atoms. The van der Waals surface area contributed by atoms with E-state index in [4.69, 9.17) is 0 Å². The van der Waals surface area contributed by atoms with Gasteiger partial charge < -0.3 is 0 Å². The Bertz CT molecular complexity index is 3460. The van der Waals surface area contributed by atoms with Gasteiger partial charge in [0, 0.05) is 0 Å². The van der Waals surface area contributed by atoms with Crippen molar-refractivity contribution in [2.75, 3.05) is 0 Å². The molecule has 0 spiro atoms. The first-order chi connectivity index (χ1) is 26.7. The average molecular weight is 683 g/mol. The first-order valence-corrected chi connectivity index (χ1v) is 19.0. The fourth-order valence-electron chi connectivity index (χ4n) is 10.2. The molecule has 0 unspecified atom stereocenters. The maximum Gasteiger partial charge on any atom is -0.000697 e. The van der Waals surface area contributed by atoms with Crippen molar-refractivity contribution in [1.29, 1.82) is 0 Å². The summed E-state index contributed by atoms with van der Waals surface area (Å²) in [5.74, 6) is 0. The number of hydrogen-bond donors (Lipinski definition) is 0. The second-order valence-electron chi connectivity index (χ2n) is 15.2. The summed E-state index contributed by atoms with van der Waals surface area (Å²) >= 11 is 0. The first kappa shape index (κ1) is 29.8. The Kier molecular flexibility index (Phi) is 6.00. The third kappa shape index (κ3) is 3.87. The highest BCUT2D eigenvalue weighted by Gasteiger charge is 2.27. The summed E-state index contributed by atoms with van der Waals surface area (Å²) in [6, 6.07) is 64.0. The summed E-state index contributed by atoms with van der Waals surface area (Å²) in [5.41, 5.74) is 10.4. The first-order valence-electron chi connectivity index (χ1n) is 19.0. The van der Waals surface area contributed by atoms with Crippen LogP contribution in [0, 0.1) is 13.8 Å². The lowest BCUT2D eigenvalue weighted by Crippen LogP contribution is -1.91. The molecule has 0 saturated carbocycles. The van der Waals surface area contributed by atoms with Gasteiger partial charge in [0.1, 0.15) is 0 Å². The van der Waals surface area contributed by atoms with E-state index >= 15 is 0 Å². The van der Waals surface area contributed by atoms with Crippen LogP contribution in [0.2, 0.25) is 0 Å². The number of fused-ring (bicyclic) bond motifs is 10. The van der Waals surface area contributed by atoms with E-state index in [0.29, 0.717) is 0 Å². The standard InChI is InChI=1S/C54H34/c1-31-14-11-15-32(2)47(31)35-26-27-37-36(28-35)29-45-51-40(37)22-12-25-43(51)53-48(33-16-5-3-6-17-33)46-30-44-39-21-10-9-20-38(39)41-23-13-24-42(50(41)44)52(46)49(54(45)53)34-18-7-4-8-19-34/h3-30H,1-2H3. The number of benzene rings is 10. The molecule has 54 heavy (non-hydrogen) atoms. The minimum atomic E-state index is 1.25. The van der Waals surface area contributed by atoms with Crippen LogP contribution in [0.5, 0.6) is 0 Å². The van der Waals surface area contributed by atoms with E-state index in [1.807, 2.05) is 0 Å². The average Bonchev–Trinajstić information content (AvgIpc) is 3.71. The van der Waals surface area contributed by atoms with Crippen molar-refractivity contribution in [2.24, 2.45) is 0 Å². The number of hydrogen-bond acceptors (Lipinski definition) is 0. The van der Waals surface area contributed by atoms with Gasteiger partial charge in [-0.05, 0) is 163 Å². The Morgan fingerprint density at radius 3 is 1.46 bits per heavy atom. The van der Waals surface area contributed by atoms with E-state index in [1.165, 1.54) is 131 Å². The highest BCUT2D eigenvalue weighted by Crippen LogP contribution is 2.55. The van der Waals surface area contributed by atoms with Gasteiger partial charge in [-0.15, -0.1) is 0 Å². The SMILES string of the molecule is Cc1cccc(C)c1-c1ccc2c(c1)cc1c3c(-c4ccccc4)c4c(cc5c6ccccc6c6cccc4c65)c(-c4ccccc4)c3c3cccc2c31. The monoisotopic (exact) mass is 682 g/mol. The molecule has 0 aliphatic rings. The molecule has 12 aromatic rings. The van der Waals surface area contributed by atoms with E-state index in [0.717, 1.165) is 0 Å². The molecule has 0 heterocycles. The summed E-state index contributed by atoms with van der Waals surface area (Å²) in [6.45, 7) is 4.46. The fourth-order valence-corrected chi connectivity index (χ4v) is 10.2. The highest BCUT2D eigenvalue weighted by atomic mass is 14.3. The summed E-state index contributed by atoms with van der Waals surface area (Å²) < 4.78 is 0. The second-order valence-corrected chi connectivity index (χ2v) is 15.2. The van der Waals surface area contributed by atoms with Crippen LogP contribution in [0.4, 0.5) is 0 Å². The van der Waals surface area contributed by atoms with E-state index in [2.05, 4.69) is 184 Å². The van der Waals surface area contributed by atoms with E-state index in [1.54, 1.807) is 0 Å². The molecule has 0 aliphatic carbocycles. The molecule has 0 aromatic heterocycles. The molecule has 0 amide bonds. The molecule has 0 heteroatoms. The molecule has 12 rings (SSSR count). The third-order valence-electron chi connectivity index (χ3n) is 12.3. The van der Waals surface area contributed by atoms with E-state index in [9.17, 15) is 0 Å². The predicted molar refractivity (Wildman–Crippen MR) is 235 cm³/mol. The molecule has 0 fully saturated rings. The van der Waals surface area contributed by atoms with E-state index < -0.39 is 0 Å². The van der Waals surface area contributed by atoms with Crippen molar-refractivity contribution >= 4 is 86.2 Å². The molecule has 0 N–H and O–H groups in total. The Morgan fingerprint density at radius 1 is 0.241 bits per heavy atom. The zero-order valence-electron chi connectivity index (χ0n) is 30.2. The smallest absolute Gasteiger partial charge is 0.000697 e. The fraction of sp³-hybridized carbons (Fsp3) is 0.0370. The summed E-state index contributed by atoms with van der Waals surface area (Å²) in [7, 11) is 0. The van der Waals surface area contributed by atoms with Crippen molar-refractivity contribution < 1.29 is 0 Å². The maximum atomic E-state index is 2.53. The third-order valence-corrected chi connectivity index (χ3v) is 12.3. The van der Waals surface area contributed by atoms with Crippen LogP contribution in [0.3, 0.4) is 0 Å². The van der Waals surface area contributed by atoms with Gasteiger partial charge >= 0.3 is 0 Å². The Balaban J connectivity index is 1.37. The zero-order chi connectivity index (χ0) is 35.7. The van der Waals surface area contributed by atoms with Crippen LogP contribution in [0.15, 0.2) is 170 Å². The quantitative estimate of drug-likeness (QED) is 0.163. The van der Waals surface area contributed by atoms with Crippen molar-refractivity contribution in [2.45, 2.75) is 13.8 Å². The summed E-state index contributed by atoms with van der Waals surface area (Å²) in [4.78, 5) is 0. The normalized spacial score (nSPS) is 12.3. The molecule has 0 radical (unpaired) electrons. The maximum absolute atomic E-state index is 2.53. The van der Waals surface area contributed by atoms with Crippen LogP contribution in [0.1, 0.15) is 11.1 Å². The topological polar surface area (TPSA) is 0 Å². The minimum Gasteiger partial charge on any atom is -0.0622 e. The molecule has 250 valence electrons.